The Morgan fingerprint density at radius 2 is 2.26 bits per heavy atom. The SMILES string of the molecule is CC(=O)SCC1CC(=O)N(c2cccc(C)c2N)C1. The van der Waals surface area contributed by atoms with E-state index in [9.17, 15) is 9.59 Å². The average Bonchev–Trinajstić information content (AvgIpc) is 2.71. The van der Waals surface area contributed by atoms with Crippen LogP contribution in [-0.4, -0.2) is 23.3 Å². The van der Waals surface area contributed by atoms with Gasteiger partial charge >= 0.3 is 0 Å². The Hall–Kier alpha value is -1.49. The van der Waals surface area contributed by atoms with Crippen LogP contribution in [0.4, 0.5) is 11.4 Å². The molecule has 1 unspecified atom stereocenters. The molecule has 0 bridgehead atoms. The number of nitrogens with two attached hydrogens (primary N) is 1. The van der Waals surface area contributed by atoms with Crippen LogP contribution < -0.4 is 10.6 Å². The third-order valence-corrected chi connectivity index (χ3v) is 4.36. The minimum Gasteiger partial charge on any atom is -0.397 e. The Morgan fingerprint density at radius 3 is 2.95 bits per heavy atom. The molecule has 1 aromatic carbocycles. The first kappa shape index (κ1) is 13.9. The molecule has 2 N–H and O–H groups in total. The fourth-order valence-corrected chi connectivity index (χ4v) is 2.96. The summed E-state index contributed by atoms with van der Waals surface area (Å²) in [6.45, 7) is 4.13. The minimum absolute atomic E-state index is 0.0893. The van der Waals surface area contributed by atoms with Gasteiger partial charge < -0.3 is 10.6 Å². The van der Waals surface area contributed by atoms with Gasteiger partial charge in [0.05, 0.1) is 11.4 Å². The smallest absolute Gasteiger partial charge is 0.227 e. The van der Waals surface area contributed by atoms with Crippen molar-refractivity contribution in [2.24, 2.45) is 5.92 Å². The van der Waals surface area contributed by atoms with Crippen molar-refractivity contribution in [3.8, 4) is 0 Å². The van der Waals surface area contributed by atoms with Crippen molar-refractivity contribution in [3.63, 3.8) is 0 Å². The standard InChI is InChI=1S/C14H18N2O2S/c1-9-4-3-5-12(14(9)15)16-7-11(6-13(16)18)8-19-10(2)17/h3-5,11H,6-8,15H2,1-2H3. The van der Waals surface area contributed by atoms with Crippen LogP contribution in [0.25, 0.3) is 0 Å². The lowest BCUT2D eigenvalue weighted by Gasteiger charge is -2.19. The van der Waals surface area contributed by atoms with Crippen LogP contribution in [0.5, 0.6) is 0 Å². The average molecular weight is 278 g/mol. The van der Waals surface area contributed by atoms with E-state index in [0.717, 1.165) is 11.3 Å². The van der Waals surface area contributed by atoms with Crippen molar-refractivity contribution < 1.29 is 9.59 Å². The van der Waals surface area contributed by atoms with E-state index in [1.165, 1.54) is 11.8 Å². The first-order chi connectivity index (χ1) is 8.99. The van der Waals surface area contributed by atoms with Gasteiger partial charge in [-0.1, -0.05) is 23.9 Å². The molecule has 0 radical (unpaired) electrons. The van der Waals surface area contributed by atoms with E-state index in [1.54, 1.807) is 11.8 Å². The summed E-state index contributed by atoms with van der Waals surface area (Å²) in [5, 5.41) is 0.0981. The third kappa shape index (κ3) is 3.10. The Labute approximate surface area is 117 Å². The first-order valence-electron chi connectivity index (χ1n) is 6.28. The number of nitrogens with zero attached hydrogens (tertiary/aromatic N) is 1. The molecule has 1 atom stereocenters. The fourth-order valence-electron chi connectivity index (χ4n) is 2.26. The molecule has 1 amide bonds. The Balaban J connectivity index is 2.11. The number of rotatable bonds is 3. The van der Waals surface area contributed by atoms with E-state index in [1.807, 2.05) is 25.1 Å². The van der Waals surface area contributed by atoms with E-state index < -0.39 is 0 Å². The van der Waals surface area contributed by atoms with Gasteiger partial charge in [-0.15, -0.1) is 0 Å². The van der Waals surface area contributed by atoms with E-state index in [2.05, 4.69) is 0 Å². The van der Waals surface area contributed by atoms with Gasteiger partial charge in [0, 0.05) is 25.6 Å². The maximum Gasteiger partial charge on any atom is 0.227 e. The number of hydrogen-bond donors (Lipinski definition) is 1. The predicted molar refractivity (Wildman–Crippen MR) is 79.2 cm³/mol. The second-order valence-electron chi connectivity index (χ2n) is 4.88. The topological polar surface area (TPSA) is 63.4 Å². The molecule has 19 heavy (non-hydrogen) atoms. The molecule has 0 saturated carbocycles. The normalized spacial score (nSPS) is 18.9. The summed E-state index contributed by atoms with van der Waals surface area (Å²) < 4.78 is 0. The summed E-state index contributed by atoms with van der Waals surface area (Å²) in [6.07, 6.45) is 0.494. The lowest BCUT2D eigenvalue weighted by molar-refractivity contribution is -0.117. The van der Waals surface area contributed by atoms with Crippen molar-refractivity contribution >= 4 is 34.2 Å². The quantitative estimate of drug-likeness (QED) is 0.861. The summed E-state index contributed by atoms with van der Waals surface area (Å²) in [5.41, 5.74) is 8.47. The molecule has 0 aliphatic carbocycles. The van der Waals surface area contributed by atoms with Gasteiger partial charge in [-0.2, -0.15) is 0 Å². The molecule has 102 valence electrons. The van der Waals surface area contributed by atoms with Crippen LogP contribution in [0, 0.1) is 12.8 Å². The molecule has 1 aliphatic heterocycles. The number of para-hydroxylation sites is 1. The summed E-state index contributed by atoms with van der Waals surface area (Å²) >= 11 is 1.29. The highest BCUT2D eigenvalue weighted by molar-refractivity contribution is 8.13. The highest BCUT2D eigenvalue weighted by atomic mass is 32.2. The van der Waals surface area contributed by atoms with Crippen LogP contribution in [0.2, 0.25) is 0 Å². The third-order valence-electron chi connectivity index (χ3n) is 3.32. The predicted octanol–water partition coefficient (Wildman–Crippen LogP) is 2.21. The van der Waals surface area contributed by atoms with Crippen molar-refractivity contribution in [2.45, 2.75) is 20.3 Å². The van der Waals surface area contributed by atoms with Gasteiger partial charge in [0.25, 0.3) is 0 Å². The van der Waals surface area contributed by atoms with Gasteiger partial charge in [0.1, 0.15) is 0 Å². The number of nitrogen functional groups attached to an aromatic ring is 1. The van der Waals surface area contributed by atoms with Crippen molar-refractivity contribution in [1.29, 1.82) is 0 Å². The Kier molecular flexibility index (Phi) is 4.14. The first-order valence-corrected chi connectivity index (χ1v) is 7.26. The van der Waals surface area contributed by atoms with Crippen molar-refractivity contribution in [3.05, 3.63) is 23.8 Å². The summed E-state index contributed by atoms with van der Waals surface area (Å²) in [5.74, 6) is 1.01. The monoisotopic (exact) mass is 278 g/mol. The lowest BCUT2D eigenvalue weighted by Crippen LogP contribution is -2.25. The van der Waals surface area contributed by atoms with E-state index >= 15 is 0 Å². The molecular weight excluding hydrogens is 260 g/mol. The van der Waals surface area contributed by atoms with Gasteiger partial charge in [-0.3, -0.25) is 9.59 Å². The van der Waals surface area contributed by atoms with E-state index in [-0.39, 0.29) is 16.9 Å². The highest BCUT2D eigenvalue weighted by Crippen LogP contribution is 2.32. The fraction of sp³-hybridized carbons (Fsp3) is 0.429. The molecule has 0 aromatic heterocycles. The van der Waals surface area contributed by atoms with Crippen LogP contribution >= 0.6 is 11.8 Å². The zero-order chi connectivity index (χ0) is 14.0. The van der Waals surface area contributed by atoms with Crippen LogP contribution in [0.15, 0.2) is 18.2 Å². The molecule has 0 spiro atoms. The molecule has 1 saturated heterocycles. The van der Waals surface area contributed by atoms with Crippen LogP contribution in [-0.2, 0) is 9.59 Å². The van der Waals surface area contributed by atoms with Gasteiger partial charge in [0.15, 0.2) is 5.12 Å². The molecule has 1 aromatic rings. The molecule has 1 aliphatic rings. The summed E-state index contributed by atoms with van der Waals surface area (Å²) in [6, 6.07) is 5.72. The van der Waals surface area contributed by atoms with Crippen LogP contribution in [0.3, 0.4) is 0 Å². The zero-order valence-electron chi connectivity index (χ0n) is 11.2. The molecular formula is C14H18N2O2S. The number of thioether (sulfide) groups is 1. The van der Waals surface area contributed by atoms with Gasteiger partial charge in [0.2, 0.25) is 5.91 Å². The second kappa shape index (κ2) is 5.65. The Bertz CT molecular complexity index is 516. The number of aryl methyl sites for hydroxylation is 1. The van der Waals surface area contributed by atoms with Crippen LogP contribution in [0.1, 0.15) is 18.9 Å². The largest absolute Gasteiger partial charge is 0.397 e. The Morgan fingerprint density at radius 1 is 1.53 bits per heavy atom. The molecule has 2 rings (SSSR count). The molecule has 5 heteroatoms. The maximum atomic E-state index is 12.1. The van der Waals surface area contributed by atoms with Gasteiger partial charge in [-0.05, 0) is 24.5 Å². The number of amides is 1. The minimum atomic E-state index is 0.0893. The molecule has 1 fully saturated rings. The highest BCUT2D eigenvalue weighted by Gasteiger charge is 2.31. The number of benzene rings is 1. The maximum absolute atomic E-state index is 12.1. The van der Waals surface area contributed by atoms with Crippen molar-refractivity contribution in [1.82, 2.24) is 0 Å². The van der Waals surface area contributed by atoms with Crippen molar-refractivity contribution in [2.75, 3.05) is 22.9 Å². The molecule has 1 heterocycles. The number of anilines is 2. The number of carbonyl (C=O) groups is 2. The number of carbonyl (C=O) groups excluding carboxylic acids is 2. The summed E-state index contributed by atoms with van der Waals surface area (Å²) in [7, 11) is 0. The van der Waals surface area contributed by atoms with E-state index in [4.69, 9.17) is 5.73 Å². The number of hydrogen-bond acceptors (Lipinski definition) is 4. The van der Waals surface area contributed by atoms with Gasteiger partial charge in [-0.25, -0.2) is 0 Å². The molecule has 4 nitrogen and oxygen atoms in total. The zero-order valence-corrected chi connectivity index (χ0v) is 12.0. The summed E-state index contributed by atoms with van der Waals surface area (Å²) in [4.78, 5) is 24.8. The lowest BCUT2D eigenvalue weighted by atomic mass is 10.1. The second-order valence-corrected chi connectivity index (χ2v) is 6.08. The van der Waals surface area contributed by atoms with E-state index in [0.29, 0.717) is 24.4 Å².